The molecule has 0 aliphatic heterocycles. The fraction of sp³-hybridized carbons (Fsp3) is 0.462. The van der Waals surface area contributed by atoms with Crippen molar-refractivity contribution in [1.29, 1.82) is 0 Å². The minimum atomic E-state index is -0.203. The SMILES string of the molecule is CCCCC(O)Cc1ccc2ncsc2c1. The highest BCUT2D eigenvalue weighted by Gasteiger charge is 2.06. The molecule has 0 bridgehead atoms. The molecule has 3 heteroatoms. The lowest BCUT2D eigenvalue weighted by Crippen LogP contribution is -2.09. The van der Waals surface area contributed by atoms with Crippen LogP contribution in [0.4, 0.5) is 0 Å². The highest BCUT2D eigenvalue weighted by atomic mass is 32.1. The summed E-state index contributed by atoms with van der Waals surface area (Å²) in [6.45, 7) is 2.15. The van der Waals surface area contributed by atoms with Gasteiger partial charge in [-0.05, 0) is 30.5 Å². The zero-order valence-corrected chi connectivity index (χ0v) is 10.3. The monoisotopic (exact) mass is 235 g/mol. The van der Waals surface area contributed by atoms with Crippen LogP contribution in [0.2, 0.25) is 0 Å². The molecule has 0 amide bonds. The van der Waals surface area contributed by atoms with Crippen molar-refractivity contribution in [2.75, 3.05) is 0 Å². The molecule has 1 atom stereocenters. The van der Waals surface area contributed by atoms with Gasteiger partial charge in [0.2, 0.25) is 0 Å². The summed E-state index contributed by atoms with van der Waals surface area (Å²) in [6, 6.07) is 6.24. The van der Waals surface area contributed by atoms with Crippen LogP contribution in [0.3, 0.4) is 0 Å². The van der Waals surface area contributed by atoms with Crippen molar-refractivity contribution in [2.24, 2.45) is 0 Å². The number of nitrogens with zero attached hydrogens (tertiary/aromatic N) is 1. The first-order chi connectivity index (χ1) is 7.79. The largest absolute Gasteiger partial charge is 0.393 e. The molecule has 1 aromatic heterocycles. The second-order valence-electron chi connectivity index (χ2n) is 4.15. The first-order valence-corrected chi connectivity index (χ1v) is 6.67. The van der Waals surface area contributed by atoms with Crippen LogP contribution in [0.15, 0.2) is 23.7 Å². The van der Waals surface area contributed by atoms with E-state index < -0.39 is 0 Å². The standard InChI is InChI=1S/C13H17NOS/c1-2-3-4-11(15)7-10-5-6-12-13(8-10)16-9-14-12/h5-6,8-9,11,15H,2-4,7H2,1H3. The van der Waals surface area contributed by atoms with E-state index in [0.717, 1.165) is 31.2 Å². The molecule has 1 heterocycles. The predicted molar refractivity (Wildman–Crippen MR) is 68.9 cm³/mol. The second-order valence-corrected chi connectivity index (χ2v) is 5.04. The third kappa shape index (κ3) is 2.80. The van der Waals surface area contributed by atoms with Crippen LogP contribution in [0.1, 0.15) is 31.7 Å². The Morgan fingerprint density at radius 1 is 1.44 bits per heavy atom. The Morgan fingerprint density at radius 3 is 3.12 bits per heavy atom. The maximum atomic E-state index is 9.84. The molecule has 0 aliphatic rings. The summed E-state index contributed by atoms with van der Waals surface area (Å²) in [5.74, 6) is 0. The molecule has 0 saturated carbocycles. The van der Waals surface area contributed by atoms with Crippen LogP contribution < -0.4 is 0 Å². The molecule has 2 rings (SSSR count). The Hall–Kier alpha value is -0.930. The third-order valence-corrected chi connectivity index (χ3v) is 3.55. The van der Waals surface area contributed by atoms with E-state index in [1.165, 1.54) is 10.3 Å². The number of aliphatic hydroxyl groups excluding tert-OH is 1. The van der Waals surface area contributed by atoms with Crippen LogP contribution in [-0.4, -0.2) is 16.2 Å². The molecule has 1 N–H and O–H groups in total. The number of hydrogen-bond acceptors (Lipinski definition) is 3. The van der Waals surface area contributed by atoms with E-state index in [-0.39, 0.29) is 6.10 Å². The van der Waals surface area contributed by atoms with Crippen molar-refractivity contribution in [1.82, 2.24) is 4.98 Å². The highest BCUT2D eigenvalue weighted by molar-refractivity contribution is 7.16. The van der Waals surface area contributed by atoms with Crippen molar-refractivity contribution >= 4 is 21.6 Å². The van der Waals surface area contributed by atoms with E-state index in [4.69, 9.17) is 0 Å². The number of thiazole rings is 1. The topological polar surface area (TPSA) is 33.1 Å². The molecule has 1 aromatic carbocycles. The van der Waals surface area contributed by atoms with Gasteiger partial charge in [0.1, 0.15) is 0 Å². The van der Waals surface area contributed by atoms with Gasteiger partial charge in [0.25, 0.3) is 0 Å². The Morgan fingerprint density at radius 2 is 2.31 bits per heavy atom. The zero-order valence-electron chi connectivity index (χ0n) is 9.52. The summed E-state index contributed by atoms with van der Waals surface area (Å²) in [4.78, 5) is 4.24. The molecule has 16 heavy (non-hydrogen) atoms. The Kier molecular flexibility index (Phi) is 3.91. The maximum absolute atomic E-state index is 9.84. The number of benzene rings is 1. The van der Waals surface area contributed by atoms with Gasteiger partial charge in [0.05, 0.1) is 21.8 Å². The van der Waals surface area contributed by atoms with E-state index in [9.17, 15) is 5.11 Å². The normalized spacial score (nSPS) is 13.1. The van der Waals surface area contributed by atoms with Crippen LogP contribution >= 0.6 is 11.3 Å². The molecule has 0 fully saturated rings. The number of unbranched alkanes of at least 4 members (excludes halogenated alkanes) is 1. The molecule has 0 aliphatic carbocycles. The van der Waals surface area contributed by atoms with E-state index in [0.29, 0.717) is 0 Å². The lowest BCUT2D eigenvalue weighted by Gasteiger charge is -2.09. The van der Waals surface area contributed by atoms with Gasteiger partial charge in [0.15, 0.2) is 0 Å². The highest BCUT2D eigenvalue weighted by Crippen LogP contribution is 2.20. The maximum Gasteiger partial charge on any atom is 0.0812 e. The molecule has 0 saturated heterocycles. The van der Waals surface area contributed by atoms with Crippen molar-refractivity contribution in [2.45, 2.75) is 38.7 Å². The summed E-state index contributed by atoms with van der Waals surface area (Å²) in [5, 5.41) is 9.84. The summed E-state index contributed by atoms with van der Waals surface area (Å²) in [7, 11) is 0. The fourth-order valence-corrected chi connectivity index (χ4v) is 2.58. The fourth-order valence-electron chi connectivity index (χ4n) is 1.84. The lowest BCUT2D eigenvalue weighted by atomic mass is 10.0. The van der Waals surface area contributed by atoms with Gasteiger partial charge in [0, 0.05) is 0 Å². The minimum Gasteiger partial charge on any atom is -0.393 e. The van der Waals surface area contributed by atoms with Crippen LogP contribution in [-0.2, 0) is 6.42 Å². The van der Waals surface area contributed by atoms with Gasteiger partial charge >= 0.3 is 0 Å². The molecule has 0 radical (unpaired) electrons. The predicted octanol–water partition coefficient (Wildman–Crippen LogP) is 3.39. The number of hydrogen-bond donors (Lipinski definition) is 1. The molecule has 1 unspecified atom stereocenters. The third-order valence-electron chi connectivity index (χ3n) is 2.76. The summed E-state index contributed by atoms with van der Waals surface area (Å²) in [5.41, 5.74) is 4.12. The van der Waals surface area contributed by atoms with Crippen molar-refractivity contribution in [3.63, 3.8) is 0 Å². The zero-order chi connectivity index (χ0) is 11.4. The Bertz CT molecular complexity index is 452. The quantitative estimate of drug-likeness (QED) is 0.861. The molecule has 2 nitrogen and oxygen atoms in total. The van der Waals surface area contributed by atoms with Crippen molar-refractivity contribution in [3.8, 4) is 0 Å². The first kappa shape index (κ1) is 11.6. The number of rotatable bonds is 5. The molecule has 86 valence electrons. The van der Waals surface area contributed by atoms with E-state index in [1.54, 1.807) is 11.3 Å². The van der Waals surface area contributed by atoms with Gasteiger partial charge in [-0.3, -0.25) is 0 Å². The number of aliphatic hydroxyl groups is 1. The van der Waals surface area contributed by atoms with Gasteiger partial charge in [-0.2, -0.15) is 0 Å². The molecular formula is C13H17NOS. The van der Waals surface area contributed by atoms with Gasteiger partial charge < -0.3 is 5.11 Å². The van der Waals surface area contributed by atoms with E-state index >= 15 is 0 Å². The lowest BCUT2D eigenvalue weighted by molar-refractivity contribution is 0.162. The van der Waals surface area contributed by atoms with Crippen LogP contribution in [0.5, 0.6) is 0 Å². The Labute approximate surface area is 100.0 Å². The Balaban J connectivity index is 2.03. The van der Waals surface area contributed by atoms with Crippen molar-refractivity contribution < 1.29 is 5.11 Å². The average molecular weight is 235 g/mol. The molecular weight excluding hydrogens is 218 g/mol. The molecule has 0 spiro atoms. The van der Waals surface area contributed by atoms with Gasteiger partial charge in [-0.25, -0.2) is 4.98 Å². The summed E-state index contributed by atoms with van der Waals surface area (Å²) in [6.07, 6.45) is 3.70. The number of fused-ring (bicyclic) bond motifs is 1. The second kappa shape index (κ2) is 5.41. The van der Waals surface area contributed by atoms with E-state index in [1.807, 2.05) is 11.6 Å². The molecule has 2 aromatic rings. The number of aromatic nitrogens is 1. The summed E-state index contributed by atoms with van der Waals surface area (Å²) < 4.78 is 1.21. The smallest absolute Gasteiger partial charge is 0.0812 e. The van der Waals surface area contributed by atoms with Gasteiger partial charge in [-0.15, -0.1) is 11.3 Å². The van der Waals surface area contributed by atoms with Gasteiger partial charge in [-0.1, -0.05) is 25.8 Å². The minimum absolute atomic E-state index is 0.203. The summed E-state index contributed by atoms with van der Waals surface area (Å²) >= 11 is 1.65. The van der Waals surface area contributed by atoms with Crippen LogP contribution in [0, 0.1) is 0 Å². The van der Waals surface area contributed by atoms with Crippen LogP contribution in [0.25, 0.3) is 10.2 Å². The first-order valence-electron chi connectivity index (χ1n) is 5.80. The van der Waals surface area contributed by atoms with E-state index in [2.05, 4.69) is 24.0 Å². The van der Waals surface area contributed by atoms with Crippen molar-refractivity contribution in [3.05, 3.63) is 29.3 Å². The average Bonchev–Trinajstić information content (AvgIpc) is 2.73.